The molecule has 2 aromatic heterocycles. The molecule has 0 saturated carbocycles. The van der Waals surface area contributed by atoms with Crippen LogP contribution in [0.2, 0.25) is 0 Å². The van der Waals surface area contributed by atoms with Crippen molar-refractivity contribution in [3.05, 3.63) is 41.6 Å². The monoisotopic (exact) mass is 362 g/mol. The third kappa shape index (κ3) is 3.10. The molecule has 1 unspecified atom stereocenters. The lowest BCUT2D eigenvalue weighted by Gasteiger charge is -2.42. The van der Waals surface area contributed by atoms with E-state index in [4.69, 9.17) is 4.74 Å². The lowest BCUT2D eigenvalue weighted by Crippen LogP contribution is -2.49. The minimum Gasteiger partial charge on any atom is -0.473 e. The minimum atomic E-state index is 0.281. The van der Waals surface area contributed by atoms with Crippen LogP contribution in [0.4, 0.5) is 0 Å². The Labute approximate surface area is 159 Å². The fourth-order valence-electron chi connectivity index (χ4n) is 4.61. The molecule has 5 nitrogen and oxygen atoms in total. The molecule has 0 radical (unpaired) electrons. The number of aryl methyl sites for hydroxylation is 2. The molecular formula is C22H26N4O. The maximum atomic E-state index is 6.22. The van der Waals surface area contributed by atoms with E-state index in [0.717, 1.165) is 24.2 Å². The molecule has 5 rings (SSSR count). The minimum absolute atomic E-state index is 0.281. The number of aromatic nitrogens is 3. The zero-order chi connectivity index (χ0) is 18.4. The van der Waals surface area contributed by atoms with Gasteiger partial charge in [0.25, 0.3) is 0 Å². The van der Waals surface area contributed by atoms with Crippen LogP contribution in [0.3, 0.4) is 0 Å². The Kier molecular flexibility index (Phi) is 4.12. The number of nitrogens with one attached hydrogen (secondary N) is 1. The molecule has 0 aliphatic carbocycles. The van der Waals surface area contributed by atoms with E-state index in [1.807, 2.05) is 12.1 Å². The van der Waals surface area contributed by atoms with Gasteiger partial charge in [0, 0.05) is 47.2 Å². The predicted octanol–water partition coefficient (Wildman–Crippen LogP) is 4.10. The van der Waals surface area contributed by atoms with E-state index >= 15 is 0 Å². The molecule has 27 heavy (non-hydrogen) atoms. The third-order valence-electron chi connectivity index (χ3n) is 6.31. The van der Waals surface area contributed by atoms with Gasteiger partial charge in [0.2, 0.25) is 5.88 Å². The molecular weight excluding hydrogens is 336 g/mol. The van der Waals surface area contributed by atoms with Crippen molar-refractivity contribution in [2.75, 3.05) is 19.6 Å². The molecule has 0 spiro atoms. The number of hydrogen-bond acceptors (Lipinski definition) is 4. The van der Waals surface area contributed by atoms with Gasteiger partial charge in [-0.15, -0.1) is 10.2 Å². The van der Waals surface area contributed by atoms with E-state index in [2.05, 4.69) is 52.1 Å². The number of fused-ring (bicyclic) bond motifs is 3. The molecule has 3 atom stereocenters. The van der Waals surface area contributed by atoms with Crippen molar-refractivity contribution >= 4 is 10.9 Å². The predicted molar refractivity (Wildman–Crippen MR) is 107 cm³/mol. The summed E-state index contributed by atoms with van der Waals surface area (Å²) in [5, 5.41) is 10.1. The number of benzene rings is 1. The van der Waals surface area contributed by atoms with Gasteiger partial charge in [0.05, 0.1) is 5.69 Å². The maximum Gasteiger partial charge on any atom is 0.233 e. The Bertz CT molecular complexity index is 962. The van der Waals surface area contributed by atoms with Gasteiger partial charge in [0.1, 0.15) is 6.10 Å². The SMILES string of the molecule is Cc1[nH]c2ccc(-c3ccc(O[C@H]4CCN5CCC[C@H]4C5)nn3)cc2c1C. The lowest BCUT2D eigenvalue weighted by molar-refractivity contribution is 0.0123. The van der Waals surface area contributed by atoms with Crippen molar-refractivity contribution in [1.82, 2.24) is 20.1 Å². The van der Waals surface area contributed by atoms with Crippen LogP contribution in [0.1, 0.15) is 30.5 Å². The van der Waals surface area contributed by atoms with Gasteiger partial charge in [-0.2, -0.15) is 0 Å². The van der Waals surface area contributed by atoms with Crippen LogP contribution >= 0.6 is 0 Å². The number of H-pyrrole nitrogens is 1. The maximum absolute atomic E-state index is 6.22. The highest BCUT2D eigenvalue weighted by molar-refractivity contribution is 5.88. The van der Waals surface area contributed by atoms with Crippen LogP contribution in [0, 0.1) is 19.8 Å². The van der Waals surface area contributed by atoms with Crippen LogP contribution in [0.5, 0.6) is 5.88 Å². The topological polar surface area (TPSA) is 54.0 Å². The van der Waals surface area contributed by atoms with Crippen LogP contribution in [0.25, 0.3) is 22.2 Å². The molecule has 5 heteroatoms. The Balaban J connectivity index is 1.35. The molecule has 2 bridgehead atoms. The Hall–Kier alpha value is -2.40. The fraction of sp³-hybridized carbons (Fsp3) is 0.455. The van der Waals surface area contributed by atoms with Crippen molar-refractivity contribution in [1.29, 1.82) is 0 Å². The smallest absolute Gasteiger partial charge is 0.233 e. The Morgan fingerprint density at radius 2 is 2.00 bits per heavy atom. The lowest BCUT2D eigenvalue weighted by atomic mass is 9.87. The summed E-state index contributed by atoms with van der Waals surface area (Å²) in [6, 6.07) is 10.4. The number of rotatable bonds is 3. The summed E-state index contributed by atoms with van der Waals surface area (Å²) in [6.07, 6.45) is 3.93. The van der Waals surface area contributed by atoms with Crippen molar-refractivity contribution < 1.29 is 4.74 Å². The quantitative estimate of drug-likeness (QED) is 0.762. The van der Waals surface area contributed by atoms with Gasteiger partial charge >= 0.3 is 0 Å². The standard InChI is InChI=1S/C22H26N4O/c1-14-15(2)23-20-6-5-16(12-18(14)20)19-7-8-22(25-24-19)27-21-9-11-26-10-3-4-17(21)13-26/h5-8,12,17,21,23H,3-4,9-11,13H2,1-2H3/t17-,21-/m0/s1. The summed E-state index contributed by atoms with van der Waals surface area (Å²) in [6.45, 7) is 7.82. The summed E-state index contributed by atoms with van der Waals surface area (Å²) in [4.78, 5) is 5.98. The van der Waals surface area contributed by atoms with Crippen molar-refractivity contribution in [2.45, 2.75) is 39.2 Å². The molecule has 4 heterocycles. The van der Waals surface area contributed by atoms with Crippen molar-refractivity contribution in [3.63, 3.8) is 0 Å². The highest BCUT2D eigenvalue weighted by Gasteiger charge is 2.33. The summed E-state index contributed by atoms with van der Waals surface area (Å²) >= 11 is 0. The molecule has 140 valence electrons. The third-order valence-corrected chi connectivity index (χ3v) is 6.31. The van der Waals surface area contributed by atoms with Gasteiger partial charge < -0.3 is 14.6 Å². The van der Waals surface area contributed by atoms with Crippen LogP contribution in [-0.2, 0) is 0 Å². The van der Waals surface area contributed by atoms with Crippen molar-refractivity contribution in [3.8, 4) is 17.1 Å². The largest absolute Gasteiger partial charge is 0.473 e. The summed E-state index contributed by atoms with van der Waals surface area (Å²) < 4.78 is 6.22. The molecule has 1 N–H and O–H groups in total. The summed E-state index contributed by atoms with van der Waals surface area (Å²) in [5.74, 6) is 1.29. The zero-order valence-corrected chi connectivity index (χ0v) is 16.0. The van der Waals surface area contributed by atoms with E-state index in [1.54, 1.807) is 0 Å². The average Bonchev–Trinajstić information content (AvgIpc) is 2.98. The molecule has 0 amide bonds. The molecule has 2 aliphatic heterocycles. The van der Waals surface area contributed by atoms with E-state index in [9.17, 15) is 0 Å². The van der Waals surface area contributed by atoms with Gasteiger partial charge in [-0.3, -0.25) is 0 Å². The molecule has 1 aromatic carbocycles. The highest BCUT2D eigenvalue weighted by atomic mass is 16.5. The van der Waals surface area contributed by atoms with Gasteiger partial charge in [0.15, 0.2) is 0 Å². The van der Waals surface area contributed by atoms with Crippen LogP contribution in [-0.4, -0.2) is 45.8 Å². The zero-order valence-electron chi connectivity index (χ0n) is 16.0. The summed E-state index contributed by atoms with van der Waals surface area (Å²) in [5.41, 5.74) is 5.64. The fourth-order valence-corrected chi connectivity index (χ4v) is 4.61. The number of nitrogens with zero attached hydrogens (tertiary/aromatic N) is 3. The first-order valence-electron chi connectivity index (χ1n) is 9.99. The number of aromatic amines is 1. The second kappa shape index (κ2) is 6.64. The van der Waals surface area contributed by atoms with Crippen LogP contribution in [0.15, 0.2) is 30.3 Å². The van der Waals surface area contributed by atoms with Gasteiger partial charge in [-0.1, -0.05) is 6.07 Å². The van der Waals surface area contributed by atoms with E-state index in [1.165, 1.54) is 48.1 Å². The van der Waals surface area contributed by atoms with E-state index in [-0.39, 0.29) is 6.10 Å². The Morgan fingerprint density at radius 1 is 1.07 bits per heavy atom. The number of ether oxygens (including phenoxy) is 1. The second-order valence-corrected chi connectivity index (χ2v) is 8.04. The average molecular weight is 362 g/mol. The number of hydrogen-bond donors (Lipinski definition) is 1. The molecule has 2 saturated heterocycles. The van der Waals surface area contributed by atoms with Crippen LogP contribution < -0.4 is 4.74 Å². The first-order chi connectivity index (χ1) is 13.2. The second-order valence-electron chi connectivity index (χ2n) is 8.04. The van der Waals surface area contributed by atoms with Gasteiger partial charge in [-0.25, -0.2) is 0 Å². The normalized spacial score (nSPS) is 24.9. The highest BCUT2D eigenvalue weighted by Crippen LogP contribution is 2.30. The molecule has 2 aliphatic rings. The van der Waals surface area contributed by atoms with Gasteiger partial charge in [-0.05, 0) is 63.4 Å². The summed E-state index contributed by atoms with van der Waals surface area (Å²) in [7, 11) is 0. The molecule has 3 aromatic rings. The molecule has 2 fully saturated rings. The first-order valence-corrected chi connectivity index (χ1v) is 9.99. The Morgan fingerprint density at radius 3 is 2.85 bits per heavy atom. The van der Waals surface area contributed by atoms with E-state index in [0.29, 0.717) is 11.8 Å². The number of piperidine rings is 2. The van der Waals surface area contributed by atoms with Crippen molar-refractivity contribution in [2.24, 2.45) is 5.92 Å². The van der Waals surface area contributed by atoms with E-state index < -0.39 is 0 Å². The first kappa shape index (κ1) is 16.8.